The maximum atomic E-state index is 11.7. The van der Waals surface area contributed by atoms with Crippen molar-refractivity contribution in [3.63, 3.8) is 0 Å². The monoisotopic (exact) mass is 284 g/mol. The van der Waals surface area contributed by atoms with Crippen LogP contribution in [0.3, 0.4) is 0 Å². The van der Waals surface area contributed by atoms with Crippen molar-refractivity contribution in [2.45, 2.75) is 71.1 Å². The number of carbonyl (C=O) groups excluding carboxylic acids is 1. The van der Waals surface area contributed by atoms with Crippen LogP contribution in [0.15, 0.2) is 18.2 Å². The zero-order chi connectivity index (χ0) is 15.3. The van der Waals surface area contributed by atoms with E-state index in [-0.39, 0.29) is 10.8 Å². The first-order chi connectivity index (χ1) is 9.90. The lowest BCUT2D eigenvalue weighted by atomic mass is 9.50. The van der Waals surface area contributed by atoms with E-state index in [0.29, 0.717) is 11.8 Å². The van der Waals surface area contributed by atoms with E-state index in [4.69, 9.17) is 0 Å². The summed E-state index contributed by atoms with van der Waals surface area (Å²) in [6.45, 7) is 9.12. The average molecular weight is 284 g/mol. The smallest absolute Gasteiger partial charge is 0.126 e. The van der Waals surface area contributed by atoms with Gasteiger partial charge in [0.25, 0.3) is 0 Å². The fraction of sp³-hybridized carbons (Fsp3) is 0.650. The lowest BCUT2D eigenvalue weighted by Gasteiger charge is -2.53. The molecule has 0 amide bonds. The van der Waals surface area contributed by atoms with Crippen molar-refractivity contribution < 1.29 is 4.79 Å². The van der Waals surface area contributed by atoms with Crippen molar-refractivity contribution in [1.29, 1.82) is 0 Å². The molecule has 1 fully saturated rings. The predicted molar refractivity (Wildman–Crippen MR) is 87.7 cm³/mol. The van der Waals surface area contributed by atoms with Gasteiger partial charge in [-0.25, -0.2) is 0 Å². The van der Waals surface area contributed by atoms with Crippen molar-refractivity contribution in [1.82, 2.24) is 0 Å². The zero-order valence-electron chi connectivity index (χ0n) is 13.9. The van der Waals surface area contributed by atoms with Gasteiger partial charge in [-0.2, -0.15) is 0 Å². The summed E-state index contributed by atoms with van der Waals surface area (Å²) in [4.78, 5) is 11.7. The first kappa shape index (κ1) is 14.8. The van der Waals surface area contributed by atoms with Gasteiger partial charge in [-0.05, 0) is 59.6 Å². The fourth-order valence-electron chi connectivity index (χ4n) is 5.06. The maximum Gasteiger partial charge on any atom is 0.126 e. The summed E-state index contributed by atoms with van der Waals surface area (Å²) in [5, 5.41) is 0. The summed E-state index contributed by atoms with van der Waals surface area (Å²) in [7, 11) is 0. The third kappa shape index (κ3) is 2.17. The van der Waals surface area contributed by atoms with Crippen LogP contribution in [-0.2, 0) is 16.6 Å². The van der Waals surface area contributed by atoms with Crippen LogP contribution in [0.1, 0.15) is 76.0 Å². The van der Waals surface area contributed by atoms with E-state index in [0.717, 1.165) is 12.8 Å². The Labute approximate surface area is 129 Å². The molecular weight excluding hydrogens is 256 g/mol. The number of aryl methyl sites for hydroxylation is 1. The van der Waals surface area contributed by atoms with Crippen LogP contribution in [0, 0.1) is 11.3 Å². The second-order valence-electron chi connectivity index (χ2n) is 8.06. The van der Waals surface area contributed by atoms with Gasteiger partial charge in [-0.3, -0.25) is 0 Å². The van der Waals surface area contributed by atoms with Crippen LogP contribution in [-0.4, -0.2) is 6.29 Å². The zero-order valence-corrected chi connectivity index (χ0v) is 13.9. The van der Waals surface area contributed by atoms with Crippen LogP contribution >= 0.6 is 0 Å². The molecule has 0 unspecified atom stereocenters. The molecule has 1 nitrogen and oxygen atoms in total. The summed E-state index contributed by atoms with van der Waals surface area (Å²) < 4.78 is 0. The Balaban J connectivity index is 2.07. The van der Waals surface area contributed by atoms with Gasteiger partial charge in [0, 0.05) is 5.41 Å². The molecule has 0 aromatic heterocycles. The van der Waals surface area contributed by atoms with Crippen molar-refractivity contribution in [3.05, 3.63) is 34.9 Å². The molecule has 1 saturated carbocycles. The molecule has 1 aromatic rings. The predicted octanol–water partition coefficient (Wildman–Crippen LogP) is 5.02. The van der Waals surface area contributed by atoms with Gasteiger partial charge in [0.15, 0.2) is 0 Å². The van der Waals surface area contributed by atoms with Crippen LogP contribution < -0.4 is 0 Å². The molecule has 21 heavy (non-hydrogen) atoms. The molecular formula is C20H28O. The Bertz CT molecular complexity index is 559. The van der Waals surface area contributed by atoms with Gasteiger partial charge in [0.1, 0.15) is 6.29 Å². The molecule has 1 aromatic carbocycles. The van der Waals surface area contributed by atoms with Gasteiger partial charge in [0.2, 0.25) is 0 Å². The summed E-state index contributed by atoms with van der Waals surface area (Å²) in [5.41, 5.74) is 4.58. The van der Waals surface area contributed by atoms with Gasteiger partial charge in [-0.1, -0.05) is 52.3 Å². The fourth-order valence-corrected chi connectivity index (χ4v) is 5.06. The Morgan fingerprint density at radius 1 is 1.24 bits per heavy atom. The Morgan fingerprint density at radius 2 is 2.00 bits per heavy atom. The molecule has 3 rings (SSSR count). The van der Waals surface area contributed by atoms with E-state index < -0.39 is 0 Å². The Morgan fingerprint density at radius 3 is 2.67 bits per heavy atom. The van der Waals surface area contributed by atoms with Crippen LogP contribution in [0.25, 0.3) is 0 Å². The topological polar surface area (TPSA) is 17.1 Å². The summed E-state index contributed by atoms with van der Waals surface area (Å²) in [6, 6.07) is 7.10. The lowest BCUT2D eigenvalue weighted by molar-refractivity contribution is -0.123. The second kappa shape index (κ2) is 4.97. The van der Waals surface area contributed by atoms with E-state index in [2.05, 4.69) is 45.9 Å². The minimum atomic E-state index is -0.124. The van der Waals surface area contributed by atoms with E-state index >= 15 is 0 Å². The molecule has 0 bridgehead atoms. The molecule has 0 radical (unpaired) electrons. The molecule has 0 aliphatic heterocycles. The minimum Gasteiger partial charge on any atom is -0.303 e. The minimum absolute atomic E-state index is 0.124. The highest BCUT2D eigenvalue weighted by Gasteiger charge is 2.51. The third-order valence-corrected chi connectivity index (χ3v) is 6.36. The summed E-state index contributed by atoms with van der Waals surface area (Å²) in [5.74, 6) is 1.10. The molecule has 114 valence electrons. The largest absolute Gasteiger partial charge is 0.303 e. The number of hydrogen-bond donors (Lipinski definition) is 0. The van der Waals surface area contributed by atoms with Crippen LogP contribution in [0.2, 0.25) is 0 Å². The number of carbonyl (C=O) groups is 1. The van der Waals surface area contributed by atoms with E-state index in [9.17, 15) is 4.79 Å². The van der Waals surface area contributed by atoms with Crippen molar-refractivity contribution in [3.8, 4) is 0 Å². The number of fused-ring (bicyclic) bond motifs is 3. The summed E-state index contributed by atoms with van der Waals surface area (Å²) >= 11 is 0. The molecule has 3 atom stereocenters. The average Bonchev–Trinajstić information content (AvgIpc) is 2.46. The third-order valence-electron chi connectivity index (χ3n) is 6.36. The molecule has 2 aliphatic carbocycles. The van der Waals surface area contributed by atoms with Gasteiger partial charge in [0.05, 0.1) is 0 Å². The van der Waals surface area contributed by atoms with E-state index in [1.165, 1.54) is 42.2 Å². The van der Waals surface area contributed by atoms with Crippen LogP contribution in [0.4, 0.5) is 0 Å². The molecule has 0 heterocycles. The molecule has 0 spiro atoms. The van der Waals surface area contributed by atoms with Crippen molar-refractivity contribution in [2.75, 3.05) is 0 Å². The quantitative estimate of drug-likeness (QED) is 0.697. The first-order valence-corrected chi connectivity index (χ1v) is 8.50. The van der Waals surface area contributed by atoms with E-state index in [1.807, 2.05) is 0 Å². The van der Waals surface area contributed by atoms with Crippen molar-refractivity contribution in [2.24, 2.45) is 11.3 Å². The van der Waals surface area contributed by atoms with E-state index in [1.54, 1.807) is 0 Å². The van der Waals surface area contributed by atoms with Gasteiger partial charge in [-0.15, -0.1) is 0 Å². The van der Waals surface area contributed by atoms with Crippen LogP contribution in [0.5, 0.6) is 0 Å². The highest BCUT2D eigenvalue weighted by Crippen LogP contribution is 2.56. The number of rotatable bonds is 2. The Hall–Kier alpha value is -1.11. The molecule has 0 N–H and O–H groups in total. The number of benzene rings is 1. The number of hydrogen-bond acceptors (Lipinski definition) is 1. The standard InChI is InChI=1S/C20H28O/c1-14(2)15-6-8-17-16(12-15)7-9-18-19(3,13-21)10-5-11-20(17,18)4/h6,8,12-14,18H,5,7,9-11H2,1-4H3/t18-,19-,20+/m1/s1. The molecule has 0 saturated heterocycles. The van der Waals surface area contributed by atoms with Gasteiger partial charge >= 0.3 is 0 Å². The molecule has 2 aliphatic rings. The number of aldehydes is 1. The first-order valence-electron chi connectivity index (χ1n) is 8.50. The summed E-state index contributed by atoms with van der Waals surface area (Å²) in [6.07, 6.45) is 7.03. The SMILES string of the molecule is CC(C)c1ccc2c(c1)CC[C@@H]1[C@@](C)(C=O)CCC[C@@]21C. The lowest BCUT2D eigenvalue weighted by Crippen LogP contribution is -2.49. The Kier molecular flexibility index (Phi) is 3.50. The van der Waals surface area contributed by atoms with Gasteiger partial charge < -0.3 is 4.79 Å². The highest BCUT2D eigenvalue weighted by molar-refractivity contribution is 5.61. The highest BCUT2D eigenvalue weighted by atomic mass is 16.1. The maximum absolute atomic E-state index is 11.7. The normalized spacial score (nSPS) is 35.2. The van der Waals surface area contributed by atoms with Crippen molar-refractivity contribution >= 4 is 6.29 Å². The second-order valence-corrected chi connectivity index (χ2v) is 8.06. The molecule has 1 heteroatoms.